The van der Waals surface area contributed by atoms with Gasteiger partial charge in [0.05, 0.1) is 0 Å². The number of carbonyl (C=O) groups excluding carboxylic acids is 1. The van der Waals surface area contributed by atoms with Crippen LogP contribution in [0.3, 0.4) is 0 Å². The molecule has 3 rings (SSSR count). The highest BCUT2D eigenvalue weighted by Crippen LogP contribution is 2.07. The van der Waals surface area contributed by atoms with Crippen LogP contribution in [0, 0.1) is 5.82 Å². The van der Waals surface area contributed by atoms with Gasteiger partial charge in [-0.3, -0.25) is 9.78 Å². The first kappa shape index (κ1) is 24.7. The number of carbonyl (C=O) groups is 1. The second-order valence-electron chi connectivity index (χ2n) is 5.28. The smallest absolute Gasteiger partial charge is 0.222 e. The summed E-state index contributed by atoms with van der Waals surface area (Å²) in [5.74, 6) is -0.0435. The molecule has 0 unspecified atom stereocenters. The van der Waals surface area contributed by atoms with Crippen molar-refractivity contribution in [2.75, 3.05) is 33.2 Å². The van der Waals surface area contributed by atoms with Crippen LogP contribution in [0.25, 0.3) is 0 Å². The summed E-state index contributed by atoms with van der Waals surface area (Å²) in [6.07, 6.45) is 4.69. The van der Waals surface area contributed by atoms with E-state index in [1.54, 1.807) is 24.5 Å². The topological polar surface area (TPSA) is 71.2 Å². The molecule has 2 heterocycles. The van der Waals surface area contributed by atoms with Gasteiger partial charge in [-0.15, -0.1) is 0 Å². The summed E-state index contributed by atoms with van der Waals surface area (Å²) >= 11 is 0. The Bertz CT molecular complexity index is 546. The van der Waals surface area contributed by atoms with Crippen LogP contribution in [0.2, 0.25) is 0 Å². The van der Waals surface area contributed by atoms with Gasteiger partial charge in [-0.2, -0.15) is 0 Å². The molecule has 1 aromatic heterocycles. The monoisotopic (exact) mass is 376 g/mol. The maximum Gasteiger partial charge on any atom is 0.222 e. The van der Waals surface area contributed by atoms with Gasteiger partial charge in [0.1, 0.15) is 5.82 Å². The van der Waals surface area contributed by atoms with E-state index >= 15 is 0 Å². The summed E-state index contributed by atoms with van der Waals surface area (Å²) in [6.45, 7) is 7.34. The highest BCUT2D eigenvalue weighted by Gasteiger charge is 2.15. The highest BCUT2D eigenvalue weighted by molar-refractivity contribution is 5.76. The number of amides is 1. The van der Waals surface area contributed by atoms with Crippen LogP contribution >= 0.6 is 0 Å². The molecule has 0 radical (unpaired) electrons. The number of nitrogens with zero attached hydrogens (tertiary/aromatic N) is 2. The fourth-order valence-corrected chi connectivity index (χ4v) is 2.29. The third-order valence-electron chi connectivity index (χ3n) is 3.58. The Hall–Kier alpha value is -2.31. The van der Waals surface area contributed by atoms with Crippen molar-refractivity contribution < 1.29 is 9.18 Å². The predicted octanol–water partition coefficient (Wildman–Crippen LogP) is 2.87. The molecule has 1 amide bonds. The molecule has 1 aliphatic rings. The lowest BCUT2D eigenvalue weighted by Crippen LogP contribution is -2.46. The van der Waals surface area contributed by atoms with Crippen molar-refractivity contribution in [2.45, 2.75) is 26.7 Å². The van der Waals surface area contributed by atoms with Gasteiger partial charge < -0.3 is 16.0 Å². The van der Waals surface area contributed by atoms with Gasteiger partial charge >= 0.3 is 0 Å². The average Bonchev–Trinajstić information content (AvgIpc) is 2.78. The normalized spacial score (nSPS) is 12.3. The molecule has 0 bridgehead atoms. The molecular weight excluding hydrogens is 343 g/mol. The molecule has 0 atom stereocenters. The molecule has 27 heavy (non-hydrogen) atoms. The number of hydrogen-bond acceptors (Lipinski definition) is 4. The minimum Gasteiger partial charge on any atom is -0.340 e. The van der Waals surface area contributed by atoms with E-state index in [0.717, 1.165) is 31.7 Å². The van der Waals surface area contributed by atoms with Crippen LogP contribution in [0.4, 0.5) is 4.39 Å². The van der Waals surface area contributed by atoms with Gasteiger partial charge in [0, 0.05) is 45.0 Å². The molecule has 6 heteroatoms. The lowest BCUT2D eigenvalue weighted by Gasteiger charge is -2.27. The zero-order valence-electron chi connectivity index (χ0n) is 16.7. The second kappa shape index (κ2) is 17.1. The first-order valence-electron chi connectivity index (χ1n) is 9.41. The number of halogens is 1. The number of aromatic nitrogens is 1. The zero-order valence-corrected chi connectivity index (χ0v) is 16.7. The van der Waals surface area contributed by atoms with Crippen LogP contribution in [0.5, 0.6) is 0 Å². The Kier molecular flexibility index (Phi) is 15.7. The number of piperazine rings is 1. The largest absolute Gasteiger partial charge is 0.340 e. The Morgan fingerprint density at radius 1 is 1.07 bits per heavy atom. The van der Waals surface area contributed by atoms with Gasteiger partial charge in [-0.1, -0.05) is 32.0 Å². The molecule has 1 aromatic carbocycles. The van der Waals surface area contributed by atoms with Gasteiger partial charge in [0.25, 0.3) is 0 Å². The van der Waals surface area contributed by atoms with Crippen molar-refractivity contribution in [1.82, 2.24) is 15.2 Å². The van der Waals surface area contributed by atoms with E-state index < -0.39 is 0 Å². The standard InChI is InChI=1S/C13H17FN2O.C5H5N.C2H6.CH5N/c14-12-4-1-11(2-5-12)3-6-13(17)16-9-7-15-8-10-16;1-2-4-6-5-3-1;2*1-2/h1-2,4-5,15H,3,6-10H2;1-5H;1-2H3;2H2,1H3. The molecule has 0 spiro atoms. The summed E-state index contributed by atoms with van der Waals surface area (Å²) in [4.78, 5) is 17.5. The van der Waals surface area contributed by atoms with Crippen molar-refractivity contribution in [3.8, 4) is 0 Å². The fourth-order valence-electron chi connectivity index (χ4n) is 2.29. The number of pyridine rings is 1. The SMILES string of the molecule is CC.CN.O=C(CCc1ccc(F)cc1)N1CCNCC1.c1ccncc1. The second-order valence-corrected chi connectivity index (χ2v) is 5.28. The third kappa shape index (κ3) is 11.8. The van der Waals surface area contributed by atoms with Crippen molar-refractivity contribution in [3.05, 3.63) is 66.2 Å². The number of rotatable bonds is 3. The van der Waals surface area contributed by atoms with Crippen LogP contribution in [0.1, 0.15) is 25.8 Å². The Balaban J connectivity index is 0.000000563. The molecule has 5 nitrogen and oxygen atoms in total. The van der Waals surface area contributed by atoms with Crippen molar-refractivity contribution in [1.29, 1.82) is 0 Å². The first-order valence-corrected chi connectivity index (χ1v) is 9.41. The lowest BCUT2D eigenvalue weighted by atomic mass is 10.1. The molecule has 3 N–H and O–H groups in total. The van der Waals surface area contributed by atoms with E-state index in [1.807, 2.05) is 36.9 Å². The third-order valence-corrected chi connectivity index (χ3v) is 3.58. The maximum atomic E-state index is 12.7. The van der Waals surface area contributed by atoms with Crippen LogP contribution < -0.4 is 11.1 Å². The Morgan fingerprint density at radius 3 is 2.07 bits per heavy atom. The predicted molar refractivity (Wildman–Crippen MR) is 110 cm³/mol. The van der Waals surface area contributed by atoms with E-state index in [2.05, 4.69) is 16.0 Å². The molecular formula is C21H33FN4O. The van der Waals surface area contributed by atoms with Crippen LogP contribution in [0.15, 0.2) is 54.9 Å². The molecule has 0 aliphatic carbocycles. The fraction of sp³-hybridized carbons (Fsp3) is 0.429. The molecule has 1 saturated heterocycles. The summed E-state index contributed by atoms with van der Waals surface area (Å²) in [6, 6.07) is 12.1. The molecule has 1 fully saturated rings. The van der Waals surface area contributed by atoms with Crippen LogP contribution in [-0.2, 0) is 11.2 Å². The lowest BCUT2D eigenvalue weighted by molar-refractivity contribution is -0.131. The van der Waals surface area contributed by atoms with E-state index in [1.165, 1.54) is 19.2 Å². The average molecular weight is 377 g/mol. The first-order chi connectivity index (χ1) is 13.3. The highest BCUT2D eigenvalue weighted by atomic mass is 19.1. The molecule has 150 valence electrons. The van der Waals surface area contributed by atoms with E-state index in [0.29, 0.717) is 12.8 Å². The summed E-state index contributed by atoms with van der Waals surface area (Å²) in [7, 11) is 1.50. The number of nitrogens with one attached hydrogen (secondary N) is 1. The molecule has 2 aromatic rings. The zero-order chi connectivity index (χ0) is 20.3. The van der Waals surface area contributed by atoms with Crippen molar-refractivity contribution in [2.24, 2.45) is 5.73 Å². The number of hydrogen-bond donors (Lipinski definition) is 2. The van der Waals surface area contributed by atoms with Gasteiger partial charge in [-0.25, -0.2) is 4.39 Å². The number of aryl methyl sites for hydroxylation is 1. The van der Waals surface area contributed by atoms with E-state index in [9.17, 15) is 9.18 Å². The van der Waals surface area contributed by atoms with Gasteiger partial charge in [0.15, 0.2) is 0 Å². The number of nitrogens with two attached hydrogens (primary N) is 1. The maximum absolute atomic E-state index is 12.7. The van der Waals surface area contributed by atoms with Crippen molar-refractivity contribution in [3.63, 3.8) is 0 Å². The van der Waals surface area contributed by atoms with E-state index in [4.69, 9.17) is 0 Å². The molecule has 0 saturated carbocycles. The van der Waals surface area contributed by atoms with Crippen molar-refractivity contribution >= 4 is 5.91 Å². The van der Waals surface area contributed by atoms with Crippen LogP contribution in [-0.4, -0.2) is 49.0 Å². The minimum atomic E-state index is -0.234. The summed E-state index contributed by atoms with van der Waals surface area (Å²) < 4.78 is 12.7. The number of benzene rings is 1. The van der Waals surface area contributed by atoms with E-state index in [-0.39, 0.29) is 11.7 Å². The molecule has 1 aliphatic heterocycles. The minimum absolute atomic E-state index is 0.191. The Labute approximate surface area is 162 Å². The summed E-state index contributed by atoms with van der Waals surface area (Å²) in [5.41, 5.74) is 5.51. The van der Waals surface area contributed by atoms with Gasteiger partial charge in [-0.05, 0) is 43.3 Å². The quantitative estimate of drug-likeness (QED) is 0.864. The van der Waals surface area contributed by atoms with Gasteiger partial charge in [0.2, 0.25) is 5.91 Å². The summed E-state index contributed by atoms with van der Waals surface area (Å²) in [5, 5.41) is 3.21. The Morgan fingerprint density at radius 2 is 1.63 bits per heavy atom.